The normalized spacial score (nSPS) is 30.9. The molecule has 1 N–H and O–H groups in total. The van der Waals surface area contributed by atoms with Crippen LogP contribution in [0.4, 0.5) is 0 Å². The number of hydrogen-bond donors (Lipinski definition) is 1. The van der Waals surface area contributed by atoms with Crippen LogP contribution < -0.4 is 4.74 Å². The zero-order valence-corrected chi connectivity index (χ0v) is 13.0. The Labute approximate surface area is 127 Å². The zero-order chi connectivity index (χ0) is 14.9. The number of ether oxygens (including phenoxy) is 2. The molecule has 2 saturated carbocycles. The third kappa shape index (κ3) is 3.24. The molecular weight excluding hydrogens is 264 g/mol. The van der Waals surface area contributed by atoms with Gasteiger partial charge in [-0.2, -0.15) is 0 Å². The van der Waals surface area contributed by atoms with Crippen molar-refractivity contribution in [2.45, 2.75) is 63.3 Å². The minimum atomic E-state index is -0.565. The largest absolute Gasteiger partial charge is 0.490 e. The van der Waals surface area contributed by atoms with Crippen molar-refractivity contribution in [2.24, 2.45) is 5.92 Å². The van der Waals surface area contributed by atoms with Crippen molar-refractivity contribution in [1.82, 2.24) is 0 Å². The van der Waals surface area contributed by atoms with Crippen molar-refractivity contribution in [3.05, 3.63) is 29.8 Å². The molecule has 0 bridgehead atoms. The van der Waals surface area contributed by atoms with Crippen LogP contribution in [0.25, 0.3) is 0 Å². The van der Waals surface area contributed by atoms with Crippen LogP contribution in [-0.4, -0.2) is 23.9 Å². The lowest BCUT2D eigenvalue weighted by Gasteiger charge is -2.41. The van der Waals surface area contributed by atoms with E-state index in [4.69, 9.17) is 9.47 Å². The average molecular weight is 290 g/mol. The lowest BCUT2D eigenvalue weighted by molar-refractivity contribution is -0.130. The molecule has 3 nitrogen and oxygen atoms in total. The Morgan fingerprint density at radius 3 is 2.24 bits per heavy atom. The summed E-state index contributed by atoms with van der Waals surface area (Å²) in [6, 6.07) is 7.87. The Bertz CT molecular complexity index is 456. The Morgan fingerprint density at radius 1 is 1.10 bits per heavy atom. The number of rotatable bonds is 5. The second-order valence-corrected chi connectivity index (χ2v) is 6.74. The summed E-state index contributed by atoms with van der Waals surface area (Å²) in [5, 5.41) is 10.8. The molecule has 1 unspecified atom stereocenters. The van der Waals surface area contributed by atoms with Gasteiger partial charge in [0.05, 0.1) is 11.7 Å². The van der Waals surface area contributed by atoms with Gasteiger partial charge in [-0.1, -0.05) is 19.1 Å². The maximum absolute atomic E-state index is 10.8. The number of hydrogen-bond acceptors (Lipinski definition) is 3. The van der Waals surface area contributed by atoms with E-state index in [0.29, 0.717) is 6.10 Å². The van der Waals surface area contributed by atoms with Crippen molar-refractivity contribution in [2.75, 3.05) is 7.11 Å². The van der Waals surface area contributed by atoms with Gasteiger partial charge in [-0.05, 0) is 62.1 Å². The second kappa shape index (κ2) is 5.98. The summed E-state index contributed by atoms with van der Waals surface area (Å²) in [5.41, 5.74) is 0.500. The zero-order valence-electron chi connectivity index (χ0n) is 13.0. The quantitative estimate of drug-likeness (QED) is 0.895. The third-order valence-electron chi connectivity index (χ3n) is 5.05. The predicted octanol–water partition coefficient (Wildman–Crippen LogP) is 3.86. The Hall–Kier alpha value is -1.06. The summed E-state index contributed by atoms with van der Waals surface area (Å²) in [6.07, 6.45) is 6.25. The fourth-order valence-electron chi connectivity index (χ4n) is 3.25. The molecule has 2 aliphatic rings. The Morgan fingerprint density at radius 2 is 1.71 bits per heavy atom. The van der Waals surface area contributed by atoms with E-state index < -0.39 is 11.7 Å². The Balaban J connectivity index is 1.71. The standard InChI is InChI=1S/C18H26O3/c1-13-9-11-18(20-2,12-10-13)17(19)14-3-5-15(6-4-14)21-16-7-8-16/h3-6,13,16-17,19H,7-12H2,1-2H3. The summed E-state index contributed by atoms with van der Waals surface area (Å²) in [6.45, 7) is 2.27. The first-order valence-electron chi connectivity index (χ1n) is 8.13. The highest BCUT2D eigenvalue weighted by Gasteiger charge is 2.41. The number of benzene rings is 1. The van der Waals surface area contributed by atoms with Gasteiger partial charge in [-0.25, -0.2) is 0 Å². The van der Waals surface area contributed by atoms with Crippen molar-refractivity contribution < 1.29 is 14.6 Å². The van der Waals surface area contributed by atoms with Crippen LogP contribution in [0.15, 0.2) is 24.3 Å². The molecule has 0 aromatic heterocycles. The fraction of sp³-hybridized carbons (Fsp3) is 0.667. The molecule has 2 fully saturated rings. The maximum atomic E-state index is 10.8. The summed E-state index contributed by atoms with van der Waals surface area (Å²) < 4.78 is 11.5. The van der Waals surface area contributed by atoms with Crippen molar-refractivity contribution >= 4 is 0 Å². The van der Waals surface area contributed by atoms with E-state index in [1.54, 1.807) is 7.11 Å². The molecule has 1 atom stereocenters. The molecule has 0 radical (unpaired) electrons. The molecule has 0 heterocycles. The van der Waals surface area contributed by atoms with Gasteiger partial charge in [0.25, 0.3) is 0 Å². The fourth-order valence-corrected chi connectivity index (χ4v) is 3.25. The molecule has 1 aromatic rings. The minimum Gasteiger partial charge on any atom is -0.490 e. The van der Waals surface area contributed by atoms with E-state index in [1.165, 1.54) is 0 Å². The summed E-state index contributed by atoms with van der Waals surface area (Å²) in [7, 11) is 1.73. The molecule has 1 aromatic carbocycles. The maximum Gasteiger partial charge on any atom is 0.119 e. The van der Waals surface area contributed by atoms with Crippen LogP contribution in [0, 0.1) is 5.92 Å². The molecule has 3 rings (SSSR count). The van der Waals surface area contributed by atoms with Crippen LogP contribution in [0.3, 0.4) is 0 Å². The number of aliphatic hydroxyl groups excluding tert-OH is 1. The van der Waals surface area contributed by atoms with Crippen molar-refractivity contribution in [1.29, 1.82) is 0 Å². The highest BCUT2D eigenvalue weighted by molar-refractivity contribution is 5.30. The van der Waals surface area contributed by atoms with Gasteiger partial charge >= 0.3 is 0 Å². The van der Waals surface area contributed by atoms with Crippen LogP contribution in [0.1, 0.15) is 57.1 Å². The molecule has 116 valence electrons. The highest BCUT2D eigenvalue weighted by atomic mass is 16.5. The SMILES string of the molecule is COC1(C(O)c2ccc(OC3CC3)cc2)CCC(C)CC1. The van der Waals surface area contributed by atoms with Crippen molar-refractivity contribution in [3.8, 4) is 5.75 Å². The summed E-state index contributed by atoms with van der Waals surface area (Å²) in [5.74, 6) is 1.63. The van der Waals surface area contributed by atoms with Crippen LogP contribution in [0.2, 0.25) is 0 Å². The second-order valence-electron chi connectivity index (χ2n) is 6.74. The number of aliphatic hydroxyl groups is 1. The molecular formula is C18H26O3. The molecule has 2 aliphatic carbocycles. The van der Waals surface area contributed by atoms with Gasteiger partial charge in [0.1, 0.15) is 11.9 Å². The van der Waals surface area contributed by atoms with E-state index in [0.717, 1.165) is 55.8 Å². The van der Waals surface area contributed by atoms with Crippen molar-refractivity contribution in [3.63, 3.8) is 0 Å². The molecule has 0 saturated heterocycles. The number of methoxy groups -OCH3 is 1. The monoisotopic (exact) mass is 290 g/mol. The van der Waals surface area contributed by atoms with Gasteiger partial charge < -0.3 is 14.6 Å². The lowest BCUT2D eigenvalue weighted by Crippen LogP contribution is -2.41. The van der Waals surface area contributed by atoms with Gasteiger partial charge in [-0.3, -0.25) is 0 Å². The van der Waals surface area contributed by atoms with E-state index in [9.17, 15) is 5.11 Å². The smallest absolute Gasteiger partial charge is 0.119 e. The molecule has 21 heavy (non-hydrogen) atoms. The van der Waals surface area contributed by atoms with E-state index in [-0.39, 0.29) is 0 Å². The lowest BCUT2D eigenvalue weighted by atomic mass is 9.74. The van der Waals surface area contributed by atoms with E-state index >= 15 is 0 Å². The van der Waals surface area contributed by atoms with Gasteiger partial charge in [0.15, 0.2) is 0 Å². The predicted molar refractivity (Wildman–Crippen MR) is 82.4 cm³/mol. The van der Waals surface area contributed by atoms with Gasteiger partial charge in [0.2, 0.25) is 0 Å². The summed E-state index contributed by atoms with van der Waals surface area (Å²) >= 11 is 0. The first-order valence-corrected chi connectivity index (χ1v) is 8.13. The van der Waals surface area contributed by atoms with Crippen LogP contribution in [-0.2, 0) is 4.74 Å². The average Bonchev–Trinajstić information content (AvgIpc) is 3.33. The Kier molecular flexibility index (Phi) is 4.23. The summed E-state index contributed by atoms with van der Waals surface area (Å²) in [4.78, 5) is 0. The highest BCUT2D eigenvalue weighted by Crippen LogP contribution is 2.43. The molecule has 0 spiro atoms. The van der Waals surface area contributed by atoms with E-state index in [1.807, 2.05) is 24.3 Å². The van der Waals surface area contributed by atoms with Gasteiger partial charge in [0, 0.05) is 7.11 Å². The van der Waals surface area contributed by atoms with Crippen LogP contribution >= 0.6 is 0 Å². The third-order valence-corrected chi connectivity index (χ3v) is 5.05. The molecule has 0 aliphatic heterocycles. The first-order chi connectivity index (χ1) is 10.1. The topological polar surface area (TPSA) is 38.7 Å². The first kappa shape index (κ1) is 14.9. The molecule has 3 heteroatoms. The minimum absolute atomic E-state index is 0.408. The van der Waals surface area contributed by atoms with Crippen LogP contribution in [0.5, 0.6) is 5.75 Å². The molecule has 0 amide bonds. The van der Waals surface area contributed by atoms with Gasteiger partial charge in [-0.15, -0.1) is 0 Å². The van der Waals surface area contributed by atoms with E-state index in [2.05, 4.69) is 6.92 Å².